The van der Waals surface area contributed by atoms with Gasteiger partial charge in [-0.3, -0.25) is 0 Å². The topological polar surface area (TPSA) is 30.5 Å². The Balaban J connectivity index is 0.952. The Labute approximate surface area is 357 Å². The van der Waals surface area contributed by atoms with Crippen LogP contribution in [0.2, 0.25) is 0 Å². The summed E-state index contributed by atoms with van der Waals surface area (Å²) < 4.78 is 15.3. The number of furan rings is 1. The molecule has 0 saturated carbocycles. The Morgan fingerprint density at radius 1 is 0.371 bits per heavy atom. The van der Waals surface area contributed by atoms with Crippen LogP contribution in [0.25, 0.3) is 93.6 Å². The molecule has 3 heterocycles. The van der Waals surface area contributed by atoms with Crippen LogP contribution >= 0.6 is 0 Å². The molecule has 4 heteroatoms. The highest BCUT2D eigenvalue weighted by Crippen LogP contribution is 2.48. The van der Waals surface area contributed by atoms with E-state index in [-0.39, 0.29) is 0 Å². The van der Waals surface area contributed by atoms with Crippen LogP contribution in [0.1, 0.15) is 0 Å². The zero-order valence-corrected chi connectivity index (χ0v) is 33.5. The number of aromatic nitrogens is 1. The predicted molar refractivity (Wildman–Crippen MR) is 257 cm³/mol. The summed E-state index contributed by atoms with van der Waals surface area (Å²) in [5.74, 6) is 1.73. The summed E-state index contributed by atoms with van der Waals surface area (Å²) >= 11 is 0. The summed E-state index contributed by atoms with van der Waals surface area (Å²) in [4.78, 5) is 2.36. The fourth-order valence-corrected chi connectivity index (χ4v) is 9.63. The Bertz CT molecular complexity index is 3740. The molecule has 0 spiro atoms. The Kier molecular flexibility index (Phi) is 7.57. The van der Waals surface area contributed by atoms with Gasteiger partial charge >= 0.3 is 0 Å². The lowest BCUT2D eigenvalue weighted by atomic mass is 9.97. The van der Waals surface area contributed by atoms with Crippen molar-refractivity contribution in [3.63, 3.8) is 0 Å². The maximum atomic E-state index is 6.48. The molecule has 0 fully saturated rings. The normalized spacial score (nSPS) is 12.0. The molecule has 0 aliphatic carbocycles. The second kappa shape index (κ2) is 13.6. The maximum absolute atomic E-state index is 6.48. The van der Waals surface area contributed by atoms with Gasteiger partial charge in [0.15, 0.2) is 11.5 Å². The van der Waals surface area contributed by atoms with Crippen molar-refractivity contribution in [2.45, 2.75) is 0 Å². The Morgan fingerprint density at radius 2 is 1.05 bits per heavy atom. The van der Waals surface area contributed by atoms with Crippen LogP contribution in [0.4, 0.5) is 17.1 Å². The minimum Gasteiger partial charge on any atom is -0.456 e. The fraction of sp³-hybridized carbons (Fsp3) is 0. The van der Waals surface area contributed by atoms with Crippen molar-refractivity contribution in [3.8, 4) is 50.6 Å². The van der Waals surface area contributed by atoms with Gasteiger partial charge in [-0.05, 0) is 117 Å². The number of benzene rings is 10. The molecule has 0 bridgehead atoms. The minimum atomic E-state index is 0.853. The molecule has 2 aromatic heterocycles. The number of rotatable bonds is 6. The first-order valence-corrected chi connectivity index (χ1v) is 21.1. The third kappa shape index (κ3) is 5.40. The van der Waals surface area contributed by atoms with Crippen LogP contribution in [0.5, 0.6) is 11.5 Å². The van der Waals surface area contributed by atoms with E-state index in [4.69, 9.17) is 9.15 Å². The van der Waals surface area contributed by atoms with Gasteiger partial charge in [-0.25, -0.2) is 0 Å². The Morgan fingerprint density at radius 3 is 1.98 bits per heavy atom. The second-order valence-electron chi connectivity index (χ2n) is 16.1. The largest absolute Gasteiger partial charge is 0.456 e. The monoisotopic (exact) mass is 792 g/mol. The van der Waals surface area contributed by atoms with Crippen molar-refractivity contribution < 1.29 is 9.15 Å². The molecule has 290 valence electrons. The smallest absolute Gasteiger partial charge is 0.152 e. The van der Waals surface area contributed by atoms with Gasteiger partial charge in [-0.1, -0.05) is 133 Å². The van der Waals surface area contributed by atoms with E-state index >= 15 is 0 Å². The van der Waals surface area contributed by atoms with Crippen molar-refractivity contribution in [1.29, 1.82) is 0 Å². The zero-order valence-electron chi connectivity index (χ0n) is 33.5. The molecular formula is C58H36N2O2. The Hall–Kier alpha value is -8.34. The minimum absolute atomic E-state index is 0.853. The molecule has 1 aliphatic rings. The van der Waals surface area contributed by atoms with Gasteiger partial charge in [0.1, 0.15) is 11.2 Å². The second-order valence-corrected chi connectivity index (χ2v) is 16.1. The zero-order chi connectivity index (χ0) is 40.7. The average Bonchev–Trinajstić information content (AvgIpc) is 3.88. The van der Waals surface area contributed by atoms with Gasteiger partial charge in [0, 0.05) is 44.5 Å². The lowest BCUT2D eigenvalue weighted by Crippen LogP contribution is -2.11. The molecule has 0 radical (unpaired) electrons. The first-order valence-electron chi connectivity index (χ1n) is 21.1. The van der Waals surface area contributed by atoms with Crippen LogP contribution in [-0.4, -0.2) is 4.57 Å². The third-order valence-corrected chi connectivity index (χ3v) is 12.6. The third-order valence-electron chi connectivity index (χ3n) is 12.6. The molecule has 0 unspecified atom stereocenters. The van der Waals surface area contributed by atoms with E-state index in [1.54, 1.807) is 0 Å². The van der Waals surface area contributed by atoms with Crippen LogP contribution in [0.15, 0.2) is 223 Å². The van der Waals surface area contributed by atoms with Crippen LogP contribution in [-0.2, 0) is 0 Å². The lowest BCUT2D eigenvalue weighted by Gasteiger charge is -2.28. The van der Waals surface area contributed by atoms with Gasteiger partial charge in [-0.15, -0.1) is 0 Å². The van der Waals surface area contributed by atoms with Gasteiger partial charge in [-0.2, -0.15) is 0 Å². The first kappa shape index (κ1) is 34.5. The number of ether oxygens (including phenoxy) is 1. The molecule has 62 heavy (non-hydrogen) atoms. The highest BCUT2D eigenvalue weighted by Gasteiger charge is 2.25. The van der Waals surface area contributed by atoms with E-state index in [9.17, 15) is 0 Å². The molecule has 12 aromatic rings. The van der Waals surface area contributed by atoms with Crippen molar-refractivity contribution in [1.82, 2.24) is 4.57 Å². The summed E-state index contributed by atoms with van der Waals surface area (Å²) in [5.41, 5.74) is 15.1. The molecule has 0 atom stereocenters. The average molecular weight is 793 g/mol. The molecule has 10 aromatic carbocycles. The summed E-state index contributed by atoms with van der Waals surface area (Å²) in [6.45, 7) is 0. The quantitative estimate of drug-likeness (QED) is 0.168. The van der Waals surface area contributed by atoms with Gasteiger partial charge in [0.25, 0.3) is 0 Å². The van der Waals surface area contributed by atoms with Gasteiger partial charge in [0.05, 0.1) is 22.4 Å². The number of hydrogen-bond acceptors (Lipinski definition) is 3. The summed E-state index contributed by atoms with van der Waals surface area (Å²) in [6.07, 6.45) is 0. The van der Waals surface area contributed by atoms with E-state index < -0.39 is 0 Å². The van der Waals surface area contributed by atoms with E-state index in [1.165, 1.54) is 38.2 Å². The number of nitrogens with zero attached hydrogens (tertiary/aromatic N) is 2. The van der Waals surface area contributed by atoms with Crippen LogP contribution < -0.4 is 9.64 Å². The lowest BCUT2D eigenvalue weighted by molar-refractivity contribution is 0.476. The number of hydrogen-bond donors (Lipinski definition) is 0. The van der Waals surface area contributed by atoms with Gasteiger partial charge < -0.3 is 18.6 Å². The fourth-order valence-electron chi connectivity index (χ4n) is 9.63. The van der Waals surface area contributed by atoms with Gasteiger partial charge in [0.2, 0.25) is 0 Å². The maximum Gasteiger partial charge on any atom is 0.152 e. The number of para-hydroxylation sites is 5. The molecule has 0 saturated heterocycles. The summed E-state index contributed by atoms with van der Waals surface area (Å²) in [5, 5.41) is 7.05. The van der Waals surface area contributed by atoms with E-state index in [0.717, 1.165) is 83.9 Å². The summed E-state index contributed by atoms with van der Waals surface area (Å²) in [7, 11) is 0. The van der Waals surface area contributed by atoms with Crippen molar-refractivity contribution in [3.05, 3.63) is 218 Å². The first-order chi connectivity index (χ1) is 30.7. The number of fused-ring (bicyclic) bond motifs is 9. The standard InChI is InChI=1S/C58H36N2O2/c1-2-12-39-34-42(24-23-37(39)11-1)41-14-9-13-40(33-41)38-25-28-44(29-26-38)59(45-30-31-48-47-16-4-7-20-54(47)61-57(48)36-45)51-18-5-3-15-46(51)43-27-32-52-50(35-43)49-17-10-22-56-58(49)60(52)53-19-6-8-21-55(53)62-56/h1-36H. The van der Waals surface area contributed by atoms with Crippen molar-refractivity contribution >= 4 is 71.6 Å². The highest BCUT2D eigenvalue weighted by molar-refractivity contribution is 6.13. The summed E-state index contributed by atoms with van der Waals surface area (Å²) in [6, 6.07) is 78.1. The predicted octanol–water partition coefficient (Wildman–Crippen LogP) is 16.4. The van der Waals surface area contributed by atoms with E-state index in [2.05, 4.69) is 204 Å². The molecule has 0 amide bonds. The van der Waals surface area contributed by atoms with Crippen molar-refractivity contribution in [2.24, 2.45) is 0 Å². The SMILES string of the molecule is c1cc(-c2ccc(N(c3ccc4c(c3)oc3ccccc34)c3ccccc3-c3ccc4c(c3)c3cccc5c3n4-c3ccccc3O5)cc2)cc(-c2ccc3ccccc3c2)c1. The van der Waals surface area contributed by atoms with Crippen molar-refractivity contribution in [2.75, 3.05) is 4.90 Å². The molecule has 0 N–H and O–H groups in total. The highest BCUT2D eigenvalue weighted by atomic mass is 16.5. The molecule has 4 nitrogen and oxygen atoms in total. The van der Waals surface area contributed by atoms with E-state index in [1.807, 2.05) is 24.3 Å². The molecular weight excluding hydrogens is 757 g/mol. The van der Waals surface area contributed by atoms with E-state index in [0.29, 0.717) is 0 Å². The number of anilines is 3. The van der Waals surface area contributed by atoms with Crippen LogP contribution in [0, 0.1) is 0 Å². The molecule has 1 aliphatic heterocycles. The van der Waals surface area contributed by atoms with Crippen LogP contribution in [0.3, 0.4) is 0 Å². The molecule has 13 rings (SSSR count).